The average Bonchev–Trinajstić information content (AvgIpc) is 3.08. The average molecular weight is 367 g/mol. The third kappa shape index (κ3) is 4.34. The number of aryl methyl sites for hydroxylation is 1. The fourth-order valence-corrected chi connectivity index (χ4v) is 2.95. The summed E-state index contributed by atoms with van der Waals surface area (Å²) < 4.78 is 10.2. The van der Waals surface area contributed by atoms with Crippen molar-refractivity contribution in [2.75, 3.05) is 25.2 Å². The van der Waals surface area contributed by atoms with Crippen molar-refractivity contribution >= 4 is 23.3 Å². The second-order valence-corrected chi connectivity index (χ2v) is 6.50. The van der Waals surface area contributed by atoms with Gasteiger partial charge in [0.15, 0.2) is 12.4 Å². The number of esters is 1. The van der Waals surface area contributed by atoms with Gasteiger partial charge >= 0.3 is 5.97 Å². The van der Waals surface area contributed by atoms with Crippen LogP contribution in [0.2, 0.25) is 0 Å². The summed E-state index contributed by atoms with van der Waals surface area (Å²) in [5.74, 6) is -0.875. The molecule has 0 N–H and O–H groups in total. The van der Waals surface area contributed by atoms with Gasteiger partial charge < -0.3 is 14.4 Å². The van der Waals surface area contributed by atoms with E-state index < -0.39 is 11.9 Å². The number of ether oxygens (including phenoxy) is 2. The van der Waals surface area contributed by atoms with Crippen LogP contribution >= 0.6 is 0 Å². The number of methoxy groups -OCH3 is 1. The summed E-state index contributed by atoms with van der Waals surface area (Å²) in [6.45, 7) is 1.88. The van der Waals surface area contributed by atoms with Gasteiger partial charge in [-0.1, -0.05) is 17.7 Å². The molecule has 2 aromatic rings. The Bertz CT molecular complexity index is 842. The maximum absolute atomic E-state index is 12.3. The number of benzene rings is 2. The van der Waals surface area contributed by atoms with E-state index in [0.29, 0.717) is 11.3 Å². The fourth-order valence-electron chi connectivity index (χ4n) is 2.95. The number of nitrogens with zero attached hydrogens (tertiary/aromatic N) is 1. The first kappa shape index (κ1) is 18.6. The van der Waals surface area contributed by atoms with Crippen molar-refractivity contribution in [1.82, 2.24) is 0 Å². The molecule has 0 aliphatic carbocycles. The molecule has 1 atom stereocenters. The van der Waals surface area contributed by atoms with Crippen molar-refractivity contribution in [3.63, 3.8) is 0 Å². The van der Waals surface area contributed by atoms with Gasteiger partial charge in [-0.3, -0.25) is 14.4 Å². The van der Waals surface area contributed by atoms with E-state index in [4.69, 9.17) is 9.47 Å². The zero-order valence-corrected chi connectivity index (χ0v) is 15.3. The topological polar surface area (TPSA) is 72.9 Å². The lowest BCUT2D eigenvalue weighted by atomic mass is 10.1. The summed E-state index contributed by atoms with van der Waals surface area (Å²) in [5, 5.41) is 0. The molecule has 1 aliphatic heterocycles. The monoisotopic (exact) mass is 367 g/mol. The first-order valence-corrected chi connectivity index (χ1v) is 8.69. The molecule has 0 aromatic heterocycles. The van der Waals surface area contributed by atoms with Crippen LogP contribution in [0, 0.1) is 12.8 Å². The Labute approximate surface area is 157 Å². The summed E-state index contributed by atoms with van der Waals surface area (Å²) in [7, 11) is 1.54. The van der Waals surface area contributed by atoms with Gasteiger partial charge in [-0.05, 0) is 43.3 Å². The number of anilines is 1. The predicted molar refractivity (Wildman–Crippen MR) is 99.9 cm³/mol. The Morgan fingerprint density at radius 2 is 1.74 bits per heavy atom. The Hall–Kier alpha value is -3.15. The molecule has 6 nitrogen and oxygen atoms in total. The van der Waals surface area contributed by atoms with Crippen LogP contribution in [0.5, 0.6) is 5.75 Å². The molecule has 1 aliphatic rings. The number of carbonyl (C=O) groups is 3. The van der Waals surface area contributed by atoms with Gasteiger partial charge in [0.1, 0.15) is 5.75 Å². The quantitative estimate of drug-likeness (QED) is 0.580. The lowest BCUT2D eigenvalue weighted by molar-refractivity contribution is -0.147. The SMILES string of the molecule is COc1ccc(C(=O)COC(=O)[C@@H]2CC(=O)N(c3ccc(C)cc3)C2)cc1. The molecular weight excluding hydrogens is 346 g/mol. The van der Waals surface area contributed by atoms with Crippen molar-refractivity contribution < 1.29 is 23.9 Å². The van der Waals surface area contributed by atoms with Crippen LogP contribution in [0.15, 0.2) is 48.5 Å². The Morgan fingerprint density at radius 1 is 1.07 bits per heavy atom. The number of Topliss-reactive ketones (excluding diaryl/α,β-unsaturated/α-hetero) is 1. The van der Waals surface area contributed by atoms with Crippen molar-refractivity contribution in [3.8, 4) is 5.75 Å². The summed E-state index contributed by atoms with van der Waals surface area (Å²) in [4.78, 5) is 38.2. The third-order valence-corrected chi connectivity index (χ3v) is 4.56. The minimum Gasteiger partial charge on any atom is -0.497 e. The number of hydrogen-bond acceptors (Lipinski definition) is 5. The molecule has 0 unspecified atom stereocenters. The molecule has 2 aromatic carbocycles. The highest BCUT2D eigenvalue weighted by molar-refractivity contribution is 6.01. The van der Waals surface area contributed by atoms with Gasteiger partial charge in [0, 0.05) is 24.2 Å². The van der Waals surface area contributed by atoms with E-state index in [1.54, 1.807) is 36.3 Å². The van der Waals surface area contributed by atoms with Crippen molar-refractivity contribution in [2.24, 2.45) is 5.92 Å². The van der Waals surface area contributed by atoms with Crippen molar-refractivity contribution in [3.05, 3.63) is 59.7 Å². The largest absolute Gasteiger partial charge is 0.497 e. The first-order valence-electron chi connectivity index (χ1n) is 8.69. The van der Waals surface area contributed by atoms with E-state index >= 15 is 0 Å². The molecule has 0 spiro atoms. The molecule has 1 fully saturated rings. The highest BCUT2D eigenvalue weighted by Gasteiger charge is 2.36. The third-order valence-electron chi connectivity index (χ3n) is 4.56. The summed E-state index contributed by atoms with van der Waals surface area (Å²) in [6, 6.07) is 14.1. The molecule has 0 bridgehead atoms. The number of ketones is 1. The number of carbonyl (C=O) groups excluding carboxylic acids is 3. The van der Waals surface area contributed by atoms with Gasteiger partial charge in [-0.15, -0.1) is 0 Å². The molecule has 0 radical (unpaired) electrons. The highest BCUT2D eigenvalue weighted by atomic mass is 16.5. The molecule has 1 amide bonds. The van der Waals surface area contributed by atoms with Crippen LogP contribution in [0.1, 0.15) is 22.3 Å². The minimum atomic E-state index is -0.567. The van der Waals surface area contributed by atoms with E-state index in [9.17, 15) is 14.4 Å². The standard InChI is InChI=1S/C21H21NO5/c1-14-3-7-17(8-4-14)22-12-16(11-20(22)24)21(25)27-13-19(23)15-5-9-18(26-2)10-6-15/h3-10,16H,11-13H2,1-2H3/t16-/m1/s1. The molecular formula is C21H21NO5. The van der Waals surface area contributed by atoms with Crippen LogP contribution in [0.3, 0.4) is 0 Å². The number of hydrogen-bond donors (Lipinski definition) is 0. The van der Waals surface area contributed by atoms with Gasteiger partial charge in [0.05, 0.1) is 13.0 Å². The van der Waals surface area contributed by atoms with Crippen molar-refractivity contribution in [1.29, 1.82) is 0 Å². The van der Waals surface area contributed by atoms with Crippen LogP contribution < -0.4 is 9.64 Å². The van der Waals surface area contributed by atoms with Crippen LogP contribution in [-0.2, 0) is 14.3 Å². The van der Waals surface area contributed by atoms with Crippen molar-refractivity contribution in [2.45, 2.75) is 13.3 Å². The van der Waals surface area contributed by atoms with E-state index in [-0.39, 0.29) is 31.3 Å². The van der Waals surface area contributed by atoms with E-state index in [0.717, 1.165) is 11.3 Å². The maximum Gasteiger partial charge on any atom is 0.311 e. The first-order chi connectivity index (χ1) is 13.0. The zero-order chi connectivity index (χ0) is 19.4. The summed E-state index contributed by atoms with van der Waals surface area (Å²) in [6.07, 6.45) is 0.0867. The smallest absolute Gasteiger partial charge is 0.311 e. The second kappa shape index (κ2) is 8.03. The van der Waals surface area contributed by atoms with Crippen LogP contribution in [0.25, 0.3) is 0 Å². The normalized spacial score (nSPS) is 16.3. The van der Waals surface area contributed by atoms with Gasteiger partial charge in [0.2, 0.25) is 5.91 Å². The summed E-state index contributed by atoms with van der Waals surface area (Å²) >= 11 is 0. The predicted octanol–water partition coefficient (Wildman–Crippen LogP) is 2.78. The van der Waals surface area contributed by atoms with Crippen LogP contribution in [0.4, 0.5) is 5.69 Å². The van der Waals surface area contributed by atoms with Gasteiger partial charge in [-0.2, -0.15) is 0 Å². The van der Waals surface area contributed by atoms with Gasteiger partial charge in [-0.25, -0.2) is 0 Å². The maximum atomic E-state index is 12.3. The molecule has 0 saturated carbocycles. The Kier molecular flexibility index (Phi) is 5.54. The van der Waals surface area contributed by atoms with Crippen LogP contribution in [-0.4, -0.2) is 37.9 Å². The molecule has 27 heavy (non-hydrogen) atoms. The lowest BCUT2D eigenvalue weighted by Crippen LogP contribution is -2.27. The molecule has 140 valence electrons. The summed E-state index contributed by atoms with van der Waals surface area (Å²) in [5.41, 5.74) is 2.29. The molecule has 3 rings (SSSR count). The molecule has 6 heteroatoms. The fraction of sp³-hybridized carbons (Fsp3) is 0.286. The lowest BCUT2D eigenvalue weighted by Gasteiger charge is -2.16. The second-order valence-electron chi connectivity index (χ2n) is 6.50. The highest BCUT2D eigenvalue weighted by Crippen LogP contribution is 2.26. The number of amides is 1. The van der Waals surface area contributed by atoms with Gasteiger partial charge in [0.25, 0.3) is 0 Å². The molecule has 1 heterocycles. The number of rotatable bonds is 6. The zero-order valence-electron chi connectivity index (χ0n) is 15.3. The van der Waals surface area contributed by atoms with E-state index in [2.05, 4.69) is 0 Å². The van der Waals surface area contributed by atoms with E-state index in [1.165, 1.54) is 0 Å². The Morgan fingerprint density at radius 3 is 2.37 bits per heavy atom. The Balaban J connectivity index is 1.55. The molecule has 1 saturated heterocycles. The minimum absolute atomic E-state index is 0.0867. The van der Waals surface area contributed by atoms with E-state index in [1.807, 2.05) is 31.2 Å².